The summed E-state index contributed by atoms with van der Waals surface area (Å²) in [5.74, 6) is 1.84. The van der Waals surface area contributed by atoms with Crippen molar-refractivity contribution in [2.75, 3.05) is 26.6 Å². The van der Waals surface area contributed by atoms with Gasteiger partial charge in [0.1, 0.15) is 5.75 Å². The Hall–Kier alpha value is -2.69. The first kappa shape index (κ1) is 16.7. The summed E-state index contributed by atoms with van der Waals surface area (Å²) in [7, 11) is 4.75. The molecular weight excluding hydrogens is 294 g/mol. The van der Waals surface area contributed by atoms with Crippen LogP contribution in [0.25, 0.3) is 0 Å². The van der Waals surface area contributed by atoms with E-state index in [9.17, 15) is 4.79 Å². The Labute approximate surface area is 136 Å². The minimum atomic E-state index is -0.103. The van der Waals surface area contributed by atoms with Crippen molar-refractivity contribution in [1.29, 1.82) is 0 Å². The van der Waals surface area contributed by atoms with Gasteiger partial charge < -0.3 is 19.5 Å². The molecule has 0 aliphatic rings. The molecule has 0 saturated heterocycles. The Kier molecular flexibility index (Phi) is 5.46. The van der Waals surface area contributed by atoms with Gasteiger partial charge in [0.15, 0.2) is 11.5 Å². The molecule has 0 fully saturated rings. The van der Waals surface area contributed by atoms with Gasteiger partial charge in [-0.1, -0.05) is 12.1 Å². The molecule has 1 amide bonds. The molecular formula is C18H21NO4. The standard InChI is InChI=1S/C18H21NO4/c1-12-8-16(22-3)17(23-4)11-15(12)19-18(20)10-13-6-5-7-14(9-13)21-2/h5-9,11H,10H2,1-4H3,(H,19,20). The highest BCUT2D eigenvalue weighted by atomic mass is 16.5. The van der Waals surface area contributed by atoms with E-state index in [2.05, 4.69) is 5.32 Å². The molecule has 0 aromatic heterocycles. The number of aryl methyl sites for hydroxylation is 1. The van der Waals surface area contributed by atoms with Crippen LogP contribution >= 0.6 is 0 Å². The number of hydrogen-bond acceptors (Lipinski definition) is 4. The molecule has 0 unspecified atom stereocenters. The largest absolute Gasteiger partial charge is 0.497 e. The molecule has 2 rings (SSSR count). The average molecular weight is 315 g/mol. The number of nitrogens with one attached hydrogen (secondary N) is 1. The van der Waals surface area contributed by atoms with Crippen LogP contribution in [0.3, 0.4) is 0 Å². The van der Waals surface area contributed by atoms with Gasteiger partial charge in [-0.15, -0.1) is 0 Å². The second-order valence-corrected chi connectivity index (χ2v) is 5.10. The molecule has 0 aliphatic carbocycles. The summed E-state index contributed by atoms with van der Waals surface area (Å²) in [5.41, 5.74) is 2.50. The van der Waals surface area contributed by atoms with Crippen LogP contribution in [0.1, 0.15) is 11.1 Å². The first-order chi connectivity index (χ1) is 11.1. The Morgan fingerprint density at radius 1 is 1.00 bits per heavy atom. The molecule has 0 saturated carbocycles. The molecule has 23 heavy (non-hydrogen) atoms. The fourth-order valence-corrected chi connectivity index (χ4v) is 2.28. The van der Waals surface area contributed by atoms with E-state index in [1.807, 2.05) is 37.3 Å². The van der Waals surface area contributed by atoms with E-state index in [1.165, 1.54) is 0 Å². The zero-order valence-electron chi connectivity index (χ0n) is 13.8. The van der Waals surface area contributed by atoms with Crippen LogP contribution in [0.2, 0.25) is 0 Å². The summed E-state index contributed by atoms with van der Waals surface area (Å²) in [6.07, 6.45) is 0.269. The van der Waals surface area contributed by atoms with E-state index in [0.29, 0.717) is 17.2 Å². The number of rotatable bonds is 6. The smallest absolute Gasteiger partial charge is 0.228 e. The van der Waals surface area contributed by atoms with Crippen LogP contribution in [-0.2, 0) is 11.2 Å². The third-order valence-corrected chi connectivity index (χ3v) is 3.50. The Balaban J connectivity index is 2.13. The van der Waals surface area contributed by atoms with Crippen molar-refractivity contribution in [1.82, 2.24) is 0 Å². The Morgan fingerprint density at radius 2 is 1.70 bits per heavy atom. The van der Waals surface area contributed by atoms with E-state index < -0.39 is 0 Å². The monoisotopic (exact) mass is 315 g/mol. The lowest BCUT2D eigenvalue weighted by Gasteiger charge is -2.13. The summed E-state index contributed by atoms with van der Waals surface area (Å²) in [5, 5.41) is 2.91. The second-order valence-electron chi connectivity index (χ2n) is 5.10. The van der Waals surface area contributed by atoms with Crippen molar-refractivity contribution >= 4 is 11.6 Å². The molecule has 0 heterocycles. The van der Waals surface area contributed by atoms with Crippen molar-refractivity contribution in [2.24, 2.45) is 0 Å². The number of benzene rings is 2. The normalized spacial score (nSPS) is 10.1. The zero-order chi connectivity index (χ0) is 16.8. The van der Waals surface area contributed by atoms with Crippen LogP contribution in [0.15, 0.2) is 36.4 Å². The number of ether oxygens (including phenoxy) is 3. The molecule has 5 nitrogen and oxygen atoms in total. The van der Waals surface area contributed by atoms with Crippen molar-refractivity contribution < 1.29 is 19.0 Å². The molecule has 5 heteroatoms. The van der Waals surface area contributed by atoms with Gasteiger partial charge in [-0.3, -0.25) is 4.79 Å². The number of amides is 1. The highest BCUT2D eigenvalue weighted by molar-refractivity contribution is 5.93. The Morgan fingerprint density at radius 3 is 2.35 bits per heavy atom. The van der Waals surface area contributed by atoms with Gasteiger partial charge in [0.2, 0.25) is 5.91 Å². The van der Waals surface area contributed by atoms with Crippen molar-refractivity contribution in [3.05, 3.63) is 47.5 Å². The van der Waals surface area contributed by atoms with Crippen molar-refractivity contribution in [3.8, 4) is 17.2 Å². The van der Waals surface area contributed by atoms with Crippen LogP contribution < -0.4 is 19.5 Å². The van der Waals surface area contributed by atoms with Gasteiger partial charge in [-0.2, -0.15) is 0 Å². The lowest BCUT2D eigenvalue weighted by molar-refractivity contribution is -0.115. The lowest BCUT2D eigenvalue weighted by Crippen LogP contribution is -2.15. The van der Waals surface area contributed by atoms with E-state index in [0.717, 1.165) is 16.9 Å². The lowest BCUT2D eigenvalue weighted by atomic mass is 10.1. The maximum atomic E-state index is 12.3. The van der Waals surface area contributed by atoms with Gasteiger partial charge in [0.25, 0.3) is 0 Å². The summed E-state index contributed by atoms with van der Waals surface area (Å²) < 4.78 is 15.7. The predicted molar refractivity (Wildman–Crippen MR) is 89.6 cm³/mol. The molecule has 0 bridgehead atoms. The fraction of sp³-hybridized carbons (Fsp3) is 0.278. The maximum absolute atomic E-state index is 12.3. The summed E-state index contributed by atoms with van der Waals surface area (Å²) >= 11 is 0. The summed E-state index contributed by atoms with van der Waals surface area (Å²) in [4.78, 5) is 12.3. The molecule has 2 aromatic rings. The topological polar surface area (TPSA) is 56.8 Å². The number of hydrogen-bond donors (Lipinski definition) is 1. The number of anilines is 1. The van der Waals surface area contributed by atoms with Gasteiger partial charge in [0, 0.05) is 11.8 Å². The van der Waals surface area contributed by atoms with Crippen LogP contribution in [0, 0.1) is 6.92 Å². The average Bonchev–Trinajstić information content (AvgIpc) is 2.56. The van der Waals surface area contributed by atoms with E-state index >= 15 is 0 Å². The third-order valence-electron chi connectivity index (χ3n) is 3.50. The molecule has 0 spiro atoms. The van der Waals surface area contributed by atoms with E-state index in [4.69, 9.17) is 14.2 Å². The summed E-state index contributed by atoms with van der Waals surface area (Å²) in [6, 6.07) is 11.0. The third kappa shape index (κ3) is 4.16. The number of carbonyl (C=O) groups is 1. The van der Waals surface area contributed by atoms with Crippen LogP contribution in [0.5, 0.6) is 17.2 Å². The highest BCUT2D eigenvalue weighted by Gasteiger charge is 2.11. The van der Waals surface area contributed by atoms with Gasteiger partial charge in [-0.25, -0.2) is 0 Å². The van der Waals surface area contributed by atoms with Gasteiger partial charge in [0.05, 0.1) is 27.8 Å². The summed E-state index contributed by atoms with van der Waals surface area (Å²) in [6.45, 7) is 1.91. The van der Waals surface area contributed by atoms with E-state index in [-0.39, 0.29) is 12.3 Å². The molecule has 0 radical (unpaired) electrons. The molecule has 1 N–H and O–H groups in total. The first-order valence-corrected chi connectivity index (χ1v) is 7.22. The highest BCUT2D eigenvalue weighted by Crippen LogP contribution is 2.32. The molecule has 2 aromatic carbocycles. The second kappa shape index (κ2) is 7.54. The zero-order valence-corrected chi connectivity index (χ0v) is 13.8. The van der Waals surface area contributed by atoms with Gasteiger partial charge >= 0.3 is 0 Å². The van der Waals surface area contributed by atoms with Crippen molar-refractivity contribution in [2.45, 2.75) is 13.3 Å². The first-order valence-electron chi connectivity index (χ1n) is 7.22. The molecule has 122 valence electrons. The minimum Gasteiger partial charge on any atom is -0.497 e. The molecule has 0 aliphatic heterocycles. The van der Waals surface area contributed by atoms with Crippen LogP contribution in [-0.4, -0.2) is 27.2 Å². The van der Waals surface area contributed by atoms with Crippen LogP contribution in [0.4, 0.5) is 5.69 Å². The minimum absolute atomic E-state index is 0.103. The van der Waals surface area contributed by atoms with Crippen molar-refractivity contribution in [3.63, 3.8) is 0 Å². The maximum Gasteiger partial charge on any atom is 0.228 e. The number of carbonyl (C=O) groups excluding carboxylic acids is 1. The SMILES string of the molecule is COc1cccc(CC(=O)Nc2cc(OC)c(OC)cc2C)c1. The quantitative estimate of drug-likeness (QED) is 0.889. The predicted octanol–water partition coefficient (Wildman–Crippen LogP) is 3.20. The fourth-order valence-electron chi connectivity index (χ4n) is 2.28. The molecule has 0 atom stereocenters. The Bertz CT molecular complexity index is 697. The van der Waals surface area contributed by atoms with Gasteiger partial charge in [-0.05, 0) is 36.2 Å². The van der Waals surface area contributed by atoms with E-state index in [1.54, 1.807) is 27.4 Å². The number of methoxy groups -OCH3 is 3.